The Labute approximate surface area is 157 Å². The van der Waals surface area contributed by atoms with Gasteiger partial charge in [-0.2, -0.15) is 4.31 Å². The molecule has 27 heavy (non-hydrogen) atoms. The lowest BCUT2D eigenvalue weighted by Gasteiger charge is -2.26. The van der Waals surface area contributed by atoms with Crippen LogP contribution in [-0.2, 0) is 21.3 Å². The van der Waals surface area contributed by atoms with E-state index in [-0.39, 0.29) is 5.75 Å². The summed E-state index contributed by atoms with van der Waals surface area (Å²) in [4.78, 5) is 4.33. The molecule has 1 aromatic carbocycles. The van der Waals surface area contributed by atoms with E-state index >= 15 is 0 Å². The Bertz CT molecular complexity index is 993. The normalized spacial score (nSPS) is 15.9. The van der Waals surface area contributed by atoms with Gasteiger partial charge in [0.15, 0.2) is 5.82 Å². The number of ether oxygens (including phenoxy) is 1. The number of hydrogen-bond acceptors (Lipinski definition) is 6. The minimum Gasteiger partial charge on any atom is -0.379 e. The van der Waals surface area contributed by atoms with E-state index in [9.17, 15) is 8.42 Å². The lowest BCUT2D eigenvalue weighted by atomic mass is 10.3. The Kier molecular flexibility index (Phi) is 5.01. The van der Waals surface area contributed by atoms with Crippen LogP contribution < -0.4 is 0 Å². The van der Waals surface area contributed by atoms with Crippen molar-refractivity contribution in [2.75, 3.05) is 32.1 Å². The molecule has 3 aromatic rings. The minimum atomic E-state index is -3.33. The van der Waals surface area contributed by atoms with Crippen LogP contribution in [0.2, 0.25) is 0 Å². The van der Waals surface area contributed by atoms with Crippen LogP contribution in [-0.4, -0.2) is 69.3 Å². The SMILES string of the molecule is O=S(=O)(CCn1ccnc1-c1cn(-c2ccccc2)nn1)N1CCOCC1. The zero-order chi connectivity index (χ0) is 18.7. The molecule has 0 N–H and O–H groups in total. The van der Waals surface area contributed by atoms with Crippen LogP contribution in [0.25, 0.3) is 17.2 Å². The number of hydrogen-bond donors (Lipinski definition) is 0. The van der Waals surface area contributed by atoms with Gasteiger partial charge in [0.05, 0.1) is 30.9 Å². The smallest absolute Gasteiger partial charge is 0.216 e. The fraction of sp³-hybridized carbons (Fsp3) is 0.353. The summed E-state index contributed by atoms with van der Waals surface area (Å²) in [7, 11) is -3.33. The first-order valence-electron chi connectivity index (χ1n) is 8.68. The minimum absolute atomic E-state index is 0.00316. The van der Waals surface area contributed by atoms with E-state index in [1.807, 2.05) is 30.3 Å². The van der Waals surface area contributed by atoms with Gasteiger partial charge in [-0.25, -0.2) is 18.1 Å². The van der Waals surface area contributed by atoms with E-state index in [1.165, 1.54) is 4.31 Å². The number of rotatable bonds is 6. The average Bonchev–Trinajstić information content (AvgIpc) is 3.37. The highest BCUT2D eigenvalue weighted by molar-refractivity contribution is 7.89. The van der Waals surface area contributed by atoms with Crippen LogP contribution in [0.5, 0.6) is 0 Å². The highest BCUT2D eigenvalue weighted by Gasteiger charge is 2.24. The third-order valence-corrected chi connectivity index (χ3v) is 6.26. The quantitative estimate of drug-likeness (QED) is 0.620. The zero-order valence-electron chi connectivity index (χ0n) is 14.7. The van der Waals surface area contributed by atoms with Crippen LogP contribution in [0.1, 0.15) is 0 Å². The first-order valence-corrected chi connectivity index (χ1v) is 10.3. The maximum atomic E-state index is 12.5. The summed E-state index contributed by atoms with van der Waals surface area (Å²) >= 11 is 0. The largest absolute Gasteiger partial charge is 0.379 e. The third-order valence-electron chi connectivity index (χ3n) is 4.41. The molecule has 9 nitrogen and oxygen atoms in total. The molecule has 142 valence electrons. The molecule has 0 radical (unpaired) electrons. The predicted molar refractivity (Wildman–Crippen MR) is 98.8 cm³/mol. The molecule has 4 rings (SSSR count). The van der Waals surface area contributed by atoms with Crippen molar-refractivity contribution in [3.8, 4) is 17.2 Å². The molecule has 0 amide bonds. The topological polar surface area (TPSA) is 95.1 Å². The van der Waals surface area contributed by atoms with Gasteiger partial charge in [-0.1, -0.05) is 23.4 Å². The molecule has 1 aliphatic rings. The van der Waals surface area contributed by atoms with Gasteiger partial charge in [-0.3, -0.25) is 0 Å². The molecule has 0 aliphatic carbocycles. The maximum absolute atomic E-state index is 12.5. The molecule has 0 spiro atoms. The molecule has 0 unspecified atom stereocenters. The van der Waals surface area contributed by atoms with Crippen molar-refractivity contribution in [2.24, 2.45) is 0 Å². The molecule has 0 atom stereocenters. The average molecular weight is 388 g/mol. The van der Waals surface area contributed by atoms with Crippen LogP contribution in [0, 0.1) is 0 Å². The highest BCUT2D eigenvalue weighted by atomic mass is 32.2. The Hall–Kier alpha value is -2.56. The van der Waals surface area contributed by atoms with Crippen molar-refractivity contribution >= 4 is 10.0 Å². The van der Waals surface area contributed by atoms with Crippen molar-refractivity contribution in [2.45, 2.75) is 6.54 Å². The summed E-state index contributed by atoms with van der Waals surface area (Å²) in [6.07, 6.45) is 5.18. The van der Waals surface area contributed by atoms with Gasteiger partial charge >= 0.3 is 0 Å². The molecular weight excluding hydrogens is 368 g/mol. The summed E-state index contributed by atoms with van der Waals surface area (Å²) in [6.45, 7) is 2.00. The zero-order valence-corrected chi connectivity index (χ0v) is 15.5. The number of nitrogens with zero attached hydrogens (tertiary/aromatic N) is 6. The van der Waals surface area contributed by atoms with Crippen molar-refractivity contribution in [1.29, 1.82) is 0 Å². The molecule has 1 saturated heterocycles. The number of sulfonamides is 1. The molecule has 0 bridgehead atoms. The van der Waals surface area contributed by atoms with Crippen molar-refractivity contribution in [1.82, 2.24) is 28.9 Å². The number of benzene rings is 1. The summed E-state index contributed by atoms with van der Waals surface area (Å²) in [5.74, 6) is 0.595. The fourth-order valence-corrected chi connectivity index (χ4v) is 4.35. The van der Waals surface area contributed by atoms with Gasteiger partial charge < -0.3 is 9.30 Å². The molecule has 1 aliphatic heterocycles. The second-order valence-corrected chi connectivity index (χ2v) is 8.24. The second kappa shape index (κ2) is 7.59. The van der Waals surface area contributed by atoms with Crippen molar-refractivity contribution < 1.29 is 13.2 Å². The maximum Gasteiger partial charge on any atom is 0.216 e. The summed E-state index contributed by atoms with van der Waals surface area (Å²) < 4.78 is 35.2. The van der Waals surface area contributed by atoms with E-state index in [4.69, 9.17) is 4.74 Å². The Morgan fingerprint density at radius 2 is 1.89 bits per heavy atom. The molecule has 0 saturated carbocycles. The van der Waals surface area contributed by atoms with Crippen LogP contribution in [0.4, 0.5) is 0 Å². The Morgan fingerprint density at radius 1 is 1.11 bits per heavy atom. The van der Waals surface area contributed by atoms with Crippen LogP contribution in [0.15, 0.2) is 48.9 Å². The summed E-state index contributed by atoms with van der Waals surface area (Å²) in [6, 6.07) is 9.64. The van der Waals surface area contributed by atoms with E-state index in [0.29, 0.717) is 44.4 Å². The van der Waals surface area contributed by atoms with Crippen molar-refractivity contribution in [3.05, 3.63) is 48.9 Å². The Balaban J connectivity index is 1.49. The number of aryl methyl sites for hydroxylation is 1. The van der Waals surface area contributed by atoms with Gasteiger partial charge in [-0.15, -0.1) is 5.10 Å². The molecular formula is C17H20N6O3S. The van der Waals surface area contributed by atoms with Gasteiger partial charge in [0, 0.05) is 32.0 Å². The second-order valence-electron chi connectivity index (χ2n) is 6.16. The van der Waals surface area contributed by atoms with E-state index in [0.717, 1.165) is 5.69 Å². The number of para-hydroxylation sites is 1. The van der Waals surface area contributed by atoms with E-state index in [1.54, 1.807) is 27.8 Å². The van der Waals surface area contributed by atoms with Gasteiger partial charge in [-0.05, 0) is 12.1 Å². The first-order chi connectivity index (χ1) is 13.1. The van der Waals surface area contributed by atoms with E-state index < -0.39 is 10.0 Å². The van der Waals surface area contributed by atoms with Crippen LogP contribution >= 0.6 is 0 Å². The fourth-order valence-electron chi connectivity index (χ4n) is 2.96. The number of aromatic nitrogens is 5. The highest BCUT2D eigenvalue weighted by Crippen LogP contribution is 2.17. The predicted octanol–water partition coefficient (Wildman–Crippen LogP) is 0.793. The van der Waals surface area contributed by atoms with Crippen LogP contribution in [0.3, 0.4) is 0 Å². The molecule has 2 aromatic heterocycles. The standard InChI is InChI=1S/C17H20N6O3S/c24-27(25,22-8-11-26-12-9-22)13-10-21-7-6-18-17(21)16-14-23(20-19-16)15-4-2-1-3-5-15/h1-7,14H,8-13H2. The van der Waals surface area contributed by atoms with Gasteiger partial charge in [0.2, 0.25) is 10.0 Å². The molecule has 3 heterocycles. The monoisotopic (exact) mass is 388 g/mol. The summed E-state index contributed by atoms with van der Waals surface area (Å²) in [5.41, 5.74) is 1.48. The molecule has 1 fully saturated rings. The number of imidazole rings is 1. The summed E-state index contributed by atoms with van der Waals surface area (Å²) in [5, 5.41) is 8.32. The third kappa shape index (κ3) is 3.92. The first kappa shape index (κ1) is 17.8. The lowest BCUT2D eigenvalue weighted by molar-refractivity contribution is 0.0730. The lowest BCUT2D eigenvalue weighted by Crippen LogP contribution is -2.42. The molecule has 10 heteroatoms. The number of morpholine rings is 1. The van der Waals surface area contributed by atoms with Gasteiger partial charge in [0.25, 0.3) is 0 Å². The Morgan fingerprint density at radius 3 is 2.67 bits per heavy atom. The van der Waals surface area contributed by atoms with Gasteiger partial charge in [0.1, 0.15) is 5.69 Å². The van der Waals surface area contributed by atoms with E-state index in [2.05, 4.69) is 15.3 Å². The van der Waals surface area contributed by atoms with Crippen molar-refractivity contribution in [3.63, 3.8) is 0 Å².